The normalized spacial score (nSPS) is 9.96. The highest BCUT2D eigenvalue weighted by Crippen LogP contribution is 2.00. The fourth-order valence-corrected chi connectivity index (χ4v) is 1.48. The van der Waals surface area contributed by atoms with E-state index in [1.165, 1.54) is 32.0 Å². The SMILES string of the molecule is Cn1nnc2c(C(N)=O)ncn2c1=O.NC(=O)c1cnccn1. The third kappa shape index (κ3) is 3.31. The zero-order chi connectivity index (χ0) is 17.0. The Morgan fingerprint density at radius 1 is 1.13 bits per heavy atom. The highest BCUT2D eigenvalue weighted by Gasteiger charge is 2.13. The number of primary amides is 2. The number of aryl methyl sites for hydroxylation is 1. The molecule has 0 aromatic carbocycles. The van der Waals surface area contributed by atoms with Crippen LogP contribution in [0, 0.1) is 0 Å². The summed E-state index contributed by atoms with van der Waals surface area (Å²) in [5, 5.41) is 7.14. The van der Waals surface area contributed by atoms with Crippen molar-refractivity contribution in [1.82, 2.24) is 34.3 Å². The predicted octanol–water partition coefficient (Wildman–Crippen LogP) is -2.50. The molecule has 0 aliphatic heterocycles. The summed E-state index contributed by atoms with van der Waals surface area (Å²) in [5.41, 5.74) is 9.66. The lowest BCUT2D eigenvalue weighted by molar-refractivity contribution is 0.0988. The lowest BCUT2D eigenvalue weighted by Gasteiger charge is -1.95. The number of nitrogens with zero attached hydrogens (tertiary/aromatic N) is 7. The molecule has 2 amide bonds. The second kappa shape index (κ2) is 6.38. The van der Waals surface area contributed by atoms with Crippen LogP contribution in [0.5, 0.6) is 0 Å². The molecule has 0 bridgehead atoms. The maximum Gasteiger partial charge on any atom is 0.352 e. The van der Waals surface area contributed by atoms with Crippen LogP contribution in [0.3, 0.4) is 0 Å². The number of amides is 2. The Balaban J connectivity index is 0.000000185. The molecule has 0 aliphatic rings. The van der Waals surface area contributed by atoms with Crippen molar-refractivity contribution in [3.63, 3.8) is 0 Å². The number of carbonyl (C=O) groups is 2. The van der Waals surface area contributed by atoms with E-state index < -0.39 is 17.5 Å². The van der Waals surface area contributed by atoms with Crippen LogP contribution in [0.4, 0.5) is 0 Å². The molecule has 12 nitrogen and oxygen atoms in total. The quantitative estimate of drug-likeness (QED) is 0.520. The molecule has 0 fully saturated rings. The van der Waals surface area contributed by atoms with Gasteiger partial charge >= 0.3 is 5.69 Å². The van der Waals surface area contributed by atoms with Gasteiger partial charge in [-0.2, -0.15) is 4.68 Å². The molecule has 0 unspecified atom stereocenters. The molecular weight excluding hydrogens is 306 g/mol. The third-order valence-electron chi connectivity index (χ3n) is 2.55. The van der Waals surface area contributed by atoms with Gasteiger partial charge in [-0.25, -0.2) is 19.2 Å². The smallest absolute Gasteiger partial charge is 0.352 e. The summed E-state index contributed by atoms with van der Waals surface area (Å²) in [6.07, 6.45) is 5.40. The first-order valence-corrected chi connectivity index (χ1v) is 6.04. The number of hydrogen-bond acceptors (Lipinski definition) is 8. The summed E-state index contributed by atoms with van der Waals surface area (Å²) in [6.45, 7) is 0. The van der Waals surface area contributed by atoms with Crippen molar-refractivity contribution in [1.29, 1.82) is 0 Å². The Kier molecular flexibility index (Phi) is 4.35. The average Bonchev–Trinajstić information content (AvgIpc) is 2.97. The average molecular weight is 317 g/mol. The second-order valence-corrected chi connectivity index (χ2v) is 4.10. The van der Waals surface area contributed by atoms with E-state index in [0.717, 1.165) is 9.08 Å². The molecule has 4 N–H and O–H groups in total. The van der Waals surface area contributed by atoms with E-state index in [9.17, 15) is 14.4 Å². The van der Waals surface area contributed by atoms with Crippen molar-refractivity contribution in [3.05, 3.63) is 46.8 Å². The van der Waals surface area contributed by atoms with E-state index in [1.54, 1.807) is 0 Å². The van der Waals surface area contributed by atoms with Gasteiger partial charge in [0.15, 0.2) is 11.3 Å². The molecule has 3 aromatic heterocycles. The summed E-state index contributed by atoms with van der Waals surface area (Å²) in [4.78, 5) is 43.5. The molecule has 0 spiro atoms. The van der Waals surface area contributed by atoms with E-state index in [1.807, 2.05) is 0 Å². The molecule has 3 heterocycles. The summed E-state index contributed by atoms with van der Waals surface area (Å²) in [5.74, 6) is -1.29. The summed E-state index contributed by atoms with van der Waals surface area (Å²) in [6, 6.07) is 0. The Hall–Kier alpha value is -3.70. The number of hydrogen-bond donors (Lipinski definition) is 2. The fourth-order valence-electron chi connectivity index (χ4n) is 1.48. The van der Waals surface area contributed by atoms with Crippen LogP contribution in [0.2, 0.25) is 0 Å². The molecule has 0 aliphatic carbocycles. The lowest BCUT2D eigenvalue weighted by Crippen LogP contribution is -2.27. The molecule has 118 valence electrons. The number of rotatable bonds is 2. The lowest BCUT2D eigenvalue weighted by atomic mass is 10.4. The number of carbonyl (C=O) groups excluding carboxylic acids is 2. The molecule has 0 radical (unpaired) electrons. The summed E-state index contributed by atoms with van der Waals surface area (Å²) < 4.78 is 2.13. The van der Waals surface area contributed by atoms with Gasteiger partial charge in [-0.05, 0) is 0 Å². The van der Waals surface area contributed by atoms with Crippen LogP contribution in [0.15, 0.2) is 29.7 Å². The van der Waals surface area contributed by atoms with Crippen LogP contribution in [-0.2, 0) is 7.05 Å². The van der Waals surface area contributed by atoms with Crippen molar-refractivity contribution >= 4 is 17.5 Å². The minimum Gasteiger partial charge on any atom is -0.364 e. The Morgan fingerprint density at radius 3 is 2.39 bits per heavy atom. The fraction of sp³-hybridized carbons (Fsp3) is 0.0909. The van der Waals surface area contributed by atoms with Crippen molar-refractivity contribution in [2.75, 3.05) is 0 Å². The van der Waals surface area contributed by atoms with Crippen molar-refractivity contribution in [3.8, 4) is 0 Å². The molecule has 3 aromatic rings. The number of fused-ring (bicyclic) bond motifs is 1. The molecule has 0 atom stereocenters. The largest absolute Gasteiger partial charge is 0.364 e. The monoisotopic (exact) mass is 317 g/mol. The van der Waals surface area contributed by atoms with Crippen LogP contribution in [-0.4, -0.2) is 46.2 Å². The standard InChI is InChI=1S/C6H6N6O2.C5H5N3O/c1-11-6(14)12-2-8-3(4(7)13)5(12)9-10-11;6-5(9)4-3-7-1-2-8-4/h2H,1H3,(H2,7,13);1-3H,(H2,6,9). The molecule has 12 heteroatoms. The van der Waals surface area contributed by atoms with Crippen LogP contribution in [0.25, 0.3) is 5.65 Å². The first kappa shape index (κ1) is 15.7. The Labute approximate surface area is 127 Å². The van der Waals surface area contributed by atoms with Crippen molar-refractivity contribution in [2.45, 2.75) is 0 Å². The molecule has 3 rings (SSSR count). The maximum absolute atomic E-state index is 11.4. The van der Waals surface area contributed by atoms with Crippen molar-refractivity contribution in [2.24, 2.45) is 18.5 Å². The number of imidazole rings is 1. The third-order valence-corrected chi connectivity index (χ3v) is 2.55. The van der Waals surface area contributed by atoms with Gasteiger partial charge in [-0.3, -0.25) is 14.6 Å². The van der Waals surface area contributed by atoms with Gasteiger partial charge in [-0.1, -0.05) is 5.21 Å². The van der Waals surface area contributed by atoms with Gasteiger partial charge in [0.25, 0.3) is 11.8 Å². The first-order chi connectivity index (χ1) is 10.9. The minimum atomic E-state index is -0.741. The molecule has 0 saturated carbocycles. The van der Waals surface area contributed by atoms with E-state index in [4.69, 9.17) is 11.5 Å². The van der Waals surface area contributed by atoms with Crippen LogP contribution >= 0.6 is 0 Å². The van der Waals surface area contributed by atoms with Crippen LogP contribution in [0.1, 0.15) is 21.0 Å². The number of nitrogens with two attached hydrogens (primary N) is 2. The highest BCUT2D eigenvalue weighted by atomic mass is 16.2. The van der Waals surface area contributed by atoms with E-state index in [2.05, 4.69) is 25.3 Å². The Bertz CT molecular complexity index is 915. The van der Waals surface area contributed by atoms with Gasteiger partial charge < -0.3 is 11.5 Å². The molecule has 0 saturated heterocycles. The maximum atomic E-state index is 11.4. The van der Waals surface area contributed by atoms with Gasteiger partial charge in [0.1, 0.15) is 12.0 Å². The summed E-state index contributed by atoms with van der Waals surface area (Å²) in [7, 11) is 1.44. The van der Waals surface area contributed by atoms with E-state index in [-0.39, 0.29) is 17.0 Å². The van der Waals surface area contributed by atoms with Crippen LogP contribution < -0.4 is 17.2 Å². The van der Waals surface area contributed by atoms with E-state index in [0.29, 0.717) is 0 Å². The van der Waals surface area contributed by atoms with Gasteiger partial charge in [0, 0.05) is 19.4 Å². The van der Waals surface area contributed by atoms with Gasteiger partial charge in [0.2, 0.25) is 0 Å². The molecule has 23 heavy (non-hydrogen) atoms. The zero-order valence-electron chi connectivity index (χ0n) is 11.8. The first-order valence-electron chi connectivity index (χ1n) is 6.04. The minimum absolute atomic E-state index is 0.0600. The highest BCUT2D eigenvalue weighted by molar-refractivity contribution is 5.96. The molecular formula is C11H11N9O3. The topological polar surface area (TPSA) is 177 Å². The van der Waals surface area contributed by atoms with Gasteiger partial charge in [0.05, 0.1) is 6.20 Å². The van der Waals surface area contributed by atoms with E-state index >= 15 is 0 Å². The summed E-state index contributed by atoms with van der Waals surface area (Å²) >= 11 is 0. The Morgan fingerprint density at radius 2 is 1.87 bits per heavy atom. The van der Waals surface area contributed by atoms with Gasteiger partial charge in [-0.15, -0.1) is 5.10 Å². The number of aromatic nitrogens is 7. The second-order valence-electron chi connectivity index (χ2n) is 4.10. The van der Waals surface area contributed by atoms with Crippen molar-refractivity contribution < 1.29 is 9.59 Å². The zero-order valence-corrected chi connectivity index (χ0v) is 11.8. The predicted molar refractivity (Wildman–Crippen MR) is 75.1 cm³/mol.